The second-order valence-corrected chi connectivity index (χ2v) is 5.03. The van der Waals surface area contributed by atoms with Crippen molar-refractivity contribution < 1.29 is 23.5 Å². The van der Waals surface area contributed by atoms with Crippen molar-refractivity contribution in [2.45, 2.75) is 40.0 Å². The minimum absolute atomic E-state index is 0.0664. The maximum absolute atomic E-state index is 11.8. The van der Waals surface area contributed by atoms with Gasteiger partial charge in [0.25, 0.3) is 0 Å². The van der Waals surface area contributed by atoms with Crippen LogP contribution >= 0.6 is 0 Å². The Morgan fingerprint density at radius 2 is 2.09 bits per heavy atom. The second kappa shape index (κ2) is 8.17. The van der Waals surface area contributed by atoms with Crippen LogP contribution in [-0.4, -0.2) is 22.7 Å². The maximum atomic E-state index is 11.8. The number of esters is 1. The molecule has 0 aliphatic heterocycles. The van der Waals surface area contributed by atoms with Gasteiger partial charge >= 0.3 is 12.1 Å². The van der Waals surface area contributed by atoms with Gasteiger partial charge in [-0.2, -0.15) is 9.59 Å². The Kier molecular flexibility index (Phi) is 6.56. The van der Waals surface area contributed by atoms with Crippen molar-refractivity contribution in [2.24, 2.45) is 11.7 Å². The highest BCUT2D eigenvalue weighted by Crippen LogP contribution is 2.21. The van der Waals surface area contributed by atoms with E-state index in [0.29, 0.717) is 0 Å². The molecule has 0 amide bonds. The lowest BCUT2D eigenvalue weighted by atomic mass is 10.1. The van der Waals surface area contributed by atoms with Crippen molar-refractivity contribution >= 4 is 23.2 Å². The first-order valence-electron chi connectivity index (χ1n) is 6.93. The Hall–Kier alpha value is -2.37. The lowest BCUT2D eigenvalue weighted by molar-refractivity contribution is -0.191. The van der Waals surface area contributed by atoms with Crippen LogP contribution in [0, 0.1) is 5.92 Å². The summed E-state index contributed by atoms with van der Waals surface area (Å²) in [6, 6.07) is 3.25. The molecule has 0 unspecified atom stereocenters. The van der Waals surface area contributed by atoms with Crippen molar-refractivity contribution in [3.05, 3.63) is 24.1 Å². The lowest BCUT2D eigenvalue weighted by Gasteiger charge is -2.16. The number of hydrogen-bond donors (Lipinski definition) is 1. The molecule has 2 aromatic rings. The summed E-state index contributed by atoms with van der Waals surface area (Å²) in [4.78, 5) is 28.0. The zero-order valence-electron chi connectivity index (χ0n) is 12.9. The molecule has 0 aliphatic carbocycles. The van der Waals surface area contributed by atoms with Crippen molar-refractivity contribution in [3.8, 4) is 0 Å². The van der Waals surface area contributed by atoms with Crippen LogP contribution in [-0.2, 0) is 32.3 Å². The quantitative estimate of drug-likeness (QED) is 0.843. The Morgan fingerprint density at radius 3 is 2.64 bits per heavy atom. The molecule has 0 fully saturated rings. The van der Waals surface area contributed by atoms with E-state index in [2.05, 4.69) is 0 Å². The van der Waals surface area contributed by atoms with E-state index in [9.17, 15) is 4.79 Å². The molecule has 0 aliphatic rings. The summed E-state index contributed by atoms with van der Waals surface area (Å²) in [5.74, 6) is -0.306. The molecule has 0 aromatic carbocycles. The molecule has 0 spiro atoms. The number of nitrogens with two attached hydrogens (primary N) is 1. The fourth-order valence-electron chi connectivity index (χ4n) is 1.97. The first-order chi connectivity index (χ1) is 10.5. The molecule has 1 atom stereocenters. The minimum atomic E-state index is -0.583. The average molecular weight is 308 g/mol. The maximum Gasteiger partial charge on any atom is 0.373 e. The second-order valence-electron chi connectivity index (χ2n) is 5.03. The molecule has 7 nitrogen and oxygen atoms in total. The highest BCUT2D eigenvalue weighted by atomic mass is 16.5. The van der Waals surface area contributed by atoms with Gasteiger partial charge in [0.05, 0.1) is 11.8 Å². The normalized spacial score (nSPS) is 11.7. The summed E-state index contributed by atoms with van der Waals surface area (Å²) >= 11 is 0. The molecule has 120 valence electrons. The molecular formula is C15H20N2O5. The first kappa shape index (κ1) is 17.7. The summed E-state index contributed by atoms with van der Waals surface area (Å²) < 4.78 is 12.6. The van der Waals surface area contributed by atoms with Crippen molar-refractivity contribution in [1.29, 1.82) is 0 Å². The van der Waals surface area contributed by atoms with Gasteiger partial charge < -0.3 is 19.5 Å². The number of aryl methyl sites for hydroxylation is 1. The Bertz CT molecular complexity index is 650. The number of fused-ring (bicyclic) bond motifs is 1. The first-order valence-corrected chi connectivity index (χ1v) is 6.93. The monoisotopic (exact) mass is 308 g/mol. The van der Waals surface area contributed by atoms with Crippen LogP contribution in [0.25, 0.3) is 11.1 Å². The fraction of sp³-hybridized carbons (Fsp3) is 0.467. The lowest BCUT2D eigenvalue weighted by Crippen LogP contribution is -2.37. The van der Waals surface area contributed by atoms with E-state index >= 15 is 0 Å². The SMILES string of the molecule is CCc1cc2occc2n1COC(=O)[C@@H](N)C(C)C.O=C=O. The van der Waals surface area contributed by atoms with E-state index in [1.807, 2.05) is 37.5 Å². The van der Waals surface area contributed by atoms with Crippen LogP contribution in [0.3, 0.4) is 0 Å². The minimum Gasteiger partial charge on any atom is -0.463 e. The van der Waals surface area contributed by atoms with Gasteiger partial charge in [0.1, 0.15) is 6.04 Å². The van der Waals surface area contributed by atoms with Crippen LogP contribution in [0.5, 0.6) is 0 Å². The van der Waals surface area contributed by atoms with Gasteiger partial charge in [-0.3, -0.25) is 4.79 Å². The third-order valence-electron chi connectivity index (χ3n) is 3.30. The number of hydrogen-bond acceptors (Lipinski definition) is 6. The van der Waals surface area contributed by atoms with Crippen molar-refractivity contribution in [2.75, 3.05) is 0 Å². The van der Waals surface area contributed by atoms with E-state index in [1.54, 1.807) is 6.26 Å². The highest BCUT2D eigenvalue weighted by molar-refractivity contribution is 5.77. The summed E-state index contributed by atoms with van der Waals surface area (Å²) in [6.07, 6.45) is 2.72. The van der Waals surface area contributed by atoms with Crippen LogP contribution in [0.15, 0.2) is 22.8 Å². The van der Waals surface area contributed by atoms with Gasteiger partial charge in [-0.1, -0.05) is 20.8 Å². The standard InChI is InChI=1S/C14H20N2O3.CO2/c1-4-10-7-12-11(5-6-18-12)16(10)8-19-14(17)13(15)9(2)3;2-1-3/h5-7,9,13H,4,8,15H2,1-3H3;/t13-;/m0./s1. The zero-order chi connectivity index (χ0) is 16.7. The van der Waals surface area contributed by atoms with Crippen LogP contribution in [0.2, 0.25) is 0 Å². The van der Waals surface area contributed by atoms with E-state index in [1.165, 1.54) is 0 Å². The van der Waals surface area contributed by atoms with Gasteiger partial charge in [0, 0.05) is 17.8 Å². The van der Waals surface area contributed by atoms with Crippen LogP contribution in [0.4, 0.5) is 0 Å². The summed E-state index contributed by atoms with van der Waals surface area (Å²) in [7, 11) is 0. The van der Waals surface area contributed by atoms with Gasteiger partial charge in [0.15, 0.2) is 12.3 Å². The van der Waals surface area contributed by atoms with Crippen molar-refractivity contribution in [1.82, 2.24) is 4.57 Å². The largest absolute Gasteiger partial charge is 0.463 e. The molecule has 2 aromatic heterocycles. The molecule has 22 heavy (non-hydrogen) atoms. The average Bonchev–Trinajstić information content (AvgIpc) is 3.05. The number of carbonyl (C=O) groups is 1. The molecule has 0 saturated heterocycles. The summed E-state index contributed by atoms with van der Waals surface area (Å²) in [5.41, 5.74) is 8.57. The summed E-state index contributed by atoms with van der Waals surface area (Å²) in [6.45, 7) is 6.01. The zero-order valence-corrected chi connectivity index (χ0v) is 12.9. The van der Waals surface area contributed by atoms with E-state index in [0.717, 1.165) is 23.2 Å². The fourth-order valence-corrected chi connectivity index (χ4v) is 1.97. The third kappa shape index (κ3) is 4.07. The number of aromatic nitrogens is 1. The van der Waals surface area contributed by atoms with Crippen molar-refractivity contribution in [3.63, 3.8) is 0 Å². The van der Waals surface area contributed by atoms with Crippen LogP contribution in [0.1, 0.15) is 26.5 Å². The molecule has 0 saturated carbocycles. The molecule has 0 bridgehead atoms. The Morgan fingerprint density at radius 1 is 1.45 bits per heavy atom. The van der Waals surface area contributed by atoms with Gasteiger partial charge in [0.2, 0.25) is 0 Å². The molecular weight excluding hydrogens is 288 g/mol. The molecule has 2 heterocycles. The smallest absolute Gasteiger partial charge is 0.373 e. The predicted octanol–water partition coefficient (Wildman–Crippen LogP) is 1.70. The molecule has 0 radical (unpaired) electrons. The number of ether oxygens (including phenoxy) is 1. The molecule has 2 rings (SSSR count). The van der Waals surface area contributed by atoms with E-state index in [-0.39, 0.29) is 24.8 Å². The number of carbonyl (C=O) groups excluding carboxylic acids is 3. The van der Waals surface area contributed by atoms with Gasteiger partial charge in [-0.25, -0.2) is 0 Å². The third-order valence-corrected chi connectivity index (χ3v) is 3.30. The van der Waals surface area contributed by atoms with Gasteiger partial charge in [-0.05, 0) is 12.3 Å². The van der Waals surface area contributed by atoms with E-state index in [4.69, 9.17) is 24.5 Å². The van der Waals surface area contributed by atoms with E-state index < -0.39 is 6.04 Å². The Labute approximate surface area is 128 Å². The summed E-state index contributed by atoms with van der Waals surface area (Å²) in [5, 5.41) is 0. The van der Waals surface area contributed by atoms with Crippen LogP contribution < -0.4 is 5.73 Å². The predicted molar refractivity (Wildman–Crippen MR) is 77.5 cm³/mol. The van der Waals surface area contributed by atoms with Gasteiger partial charge in [-0.15, -0.1) is 0 Å². The highest BCUT2D eigenvalue weighted by Gasteiger charge is 2.19. The molecule has 7 heteroatoms. The Balaban J connectivity index is 0.000000745. The number of rotatable bonds is 5. The number of nitrogens with zero attached hydrogens (tertiary/aromatic N) is 1. The topological polar surface area (TPSA) is 105 Å². The number of furan rings is 1. The molecule has 2 N–H and O–H groups in total.